The SMILES string of the molecule is CCO[C@H]1CC[C@H]2[C@H]1OCCN2C(=O)c1cncc(C)c1. The molecule has 2 aliphatic rings. The van der Waals surface area contributed by atoms with E-state index in [0.29, 0.717) is 25.3 Å². The van der Waals surface area contributed by atoms with Gasteiger partial charge in [-0.3, -0.25) is 9.78 Å². The van der Waals surface area contributed by atoms with Crippen LogP contribution in [0, 0.1) is 6.92 Å². The van der Waals surface area contributed by atoms with Gasteiger partial charge in [-0.1, -0.05) is 0 Å². The Kier molecular flexibility index (Phi) is 4.22. The highest BCUT2D eigenvalue weighted by Gasteiger charge is 2.44. The number of morpholine rings is 1. The van der Waals surface area contributed by atoms with E-state index in [1.54, 1.807) is 12.4 Å². The zero-order valence-corrected chi connectivity index (χ0v) is 12.6. The maximum atomic E-state index is 12.7. The van der Waals surface area contributed by atoms with Gasteiger partial charge in [0.1, 0.15) is 6.10 Å². The number of aryl methyl sites for hydroxylation is 1. The number of fused-ring (bicyclic) bond motifs is 1. The van der Waals surface area contributed by atoms with Crippen molar-refractivity contribution in [2.24, 2.45) is 0 Å². The van der Waals surface area contributed by atoms with E-state index in [1.165, 1.54) is 0 Å². The molecule has 2 heterocycles. The summed E-state index contributed by atoms with van der Waals surface area (Å²) >= 11 is 0. The maximum absolute atomic E-state index is 12.7. The summed E-state index contributed by atoms with van der Waals surface area (Å²) in [7, 11) is 0. The lowest BCUT2D eigenvalue weighted by molar-refractivity contribution is -0.102. The van der Waals surface area contributed by atoms with Gasteiger partial charge in [0.15, 0.2) is 0 Å². The van der Waals surface area contributed by atoms with Gasteiger partial charge in [0.25, 0.3) is 5.91 Å². The van der Waals surface area contributed by atoms with Crippen LogP contribution < -0.4 is 0 Å². The van der Waals surface area contributed by atoms with Gasteiger partial charge in [0.2, 0.25) is 0 Å². The Morgan fingerprint density at radius 3 is 3.10 bits per heavy atom. The summed E-state index contributed by atoms with van der Waals surface area (Å²) in [5.41, 5.74) is 1.67. The molecule has 5 nitrogen and oxygen atoms in total. The first-order valence-corrected chi connectivity index (χ1v) is 7.66. The van der Waals surface area contributed by atoms with Crippen molar-refractivity contribution < 1.29 is 14.3 Å². The molecule has 21 heavy (non-hydrogen) atoms. The molecule has 1 amide bonds. The summed E-state index contributed by atoms with van der Waals surface area (Å²) in [6, 6.07) is 2.03. The predicted octanol–water partition coefficient (Wildman–Crippen LogP) is 1.80. The molecule has 0 N–H and O–H groups in total. The highest BCUT2D eigenvalue weighted by molar-refractivity contribution is 5.94. The van der Waals surface area contributed by atoms with E-state index in [2.05, 4.69) is 4.98 Å². The van der Waals surface area contributed by atoms with E-state index in [4.69, 9.17) is 9.47 Å². The lowest BCUT2D eigenvalue weighted by Gasteiger charge is -2.39. The number of amides is 1. The lowest BCUT2D eigenvalue weighted by Crippen LogP contribution is -2.53. The first-order chi connectivity index (χ1) is 10.2. The number of hydrogen-bond donors (Lipinski definition) is 0. The minimum Gasteiger partial charge on any atom is -0.376 e. The highest BCUT2D eigenvalue weighted by atomic mass is 16.5. The molecule has 0 spiro atoms. The smallest absolute Gasteiger partial charge is 0.255 e. The number of aromatic nitrogens is 1. The van der Waals surface area contributed by atoms with Crippen LogP contribution in [0.4, 0.5) is 0 Å². The van der Waals surface area contributed by atoms with E-state index in [1.807, 2.05) is 24.8 Å². The first kappa shape index (κ1) is 14.5. The molecule has 2 fully saturated rings. The fraction of sp³-hybridized carbons (Fsp3) is 0.625. The Hall–Kier alpha value is -1.46. The summed E-state index contributed by atoms with van der Waals surface area (Å²) in [5, 5.41) is 0. The second-order valence-corrected chi connectivity index (χ2v) is 5.72. The summed E-state index contributed by atoms with van der Waals surface area (Å²) in [6.45, 7) is 5.86. The quantitative estimate of drug-likeness (QED) is 0.852. The zero-order chi connectivity index (χ0) is 14.8. The summed E-state index contributed by atoms with van der Waals surface area (Å²) < 4.78 is 11.6. The summed E-state index contributed by atoms with van der Waals surface area (Å²) in [4.78, 5) is 18.8. The minimum atomic E-state index is 0.0143. The van der Waals surface area contributed by atoms with Crippen molar-refractivity contribution in [3.05, 3.63) is 29.6 Å². The molecule has 0 aromatic carbocycles. The van der Waals surface area contributed by atoms with Gasteiger partial charge in [-0.05, 0) is 38.3 Å². The number of carbonyl (C=O) groups is 1. The number of rotatable bonds is 3. The second kappa shape index (κ2) is 6.12. The highest BCUT2D eigenvalue weighted by Crippen LogP contribution is 2.32. The second-order valence-electron chi connectivity index (χ2n) is 5.72. The Balaban J connectivity index is 1.78. The average Bonchev–Trinajstić information content (AvgIpc) is 2.90. The first-order valence-electron chi connectivity index (χ1n) is 7.66. The molecule has 3 rings (SSSR count). The van der Waals surface area contributed by atoms with Gasteiger partial charge in [-0.2, -0.15) is 0 Å². The van der Waals surface area contributed by atoms with Crippen LogP contribution in [0.25, 0.3) is 0 Å². The van der Waals surface area contributed by atoms with Gasteiger partial charge in [0.05, 0.1) is 24.3 Å². The van der Waals surface area contributed by atoms with Crippen LogP contribution in [-0.2, 0) is 9.47 Å². The Morgan fingerprint density at radius 1 is 1.48 bits per heavy atom. The van der Waals surface area contributed by atoms with E-state index >= 15 is 0 Å². The third kappa shape index (κ3) is 2.80. The van der Waals surface area contributed by atoms with Crippen molar-refractivity contribution in [1.82, 2.24) is 9.88 Å². The average molecular weight is 290 g/mol. The molecule has 1 aliphatic heterocycles. The van der Waals surface area contributed by atoms with Crippen LogP contribution in [0.2, 0.25) is 0 Å². The number of carbonyl (C=O) groups excluding carboxylic acids is 1. The number of nitrogens with zero attached hydrogens (tertiary/aromatic N) is 2. The van der Waals surface area contributed by atoms with Crippen LogP contribution in [0.1, 0.15) is 35.7 Å². The molecule has 1 aromatic rings. The Morgan fingerprint density at radius 2 is 2.33 bits per heavy atom. The van der Waals surface area contributed by atoms with Crippen molar-refractivity contribution >= 4 is 5.91 Å². The molecular formula is C16H22N2O3. The van der Waals surface area contributed by atoms with Crippen molar-refractivity contribution in [2.75, 3.05) is 19.8 Å². The molecule has 0 radical (unpaired) electrons. The molecule has 3 atom stereocenters. The fourth-order valence-corrected chi connectivity index (χ4v) is 3.40. The Labute approximate surface area is 125 Å². The fourth-order valence-electron chi connectivity index (χ4n) is 3.40. The molecule has 0 bridgehead atoms. The Bertz CT molecular complexity index is 520. The van der Waals surface area contributed by atoms with E-state index < -0.39 is 0 Å². The van der Waals surface area contributed by atoms with Crippen molar-refractivity contribution in [3.8, 4) is 0 Å². The summed E-state index contributed by atoms with van der Waals surface area (Å²) in [5.74, 6) is 0.0571. The molecule has 1 saturated heterocycles. The van der Waals surface area contributed by atoms with Crippen LogP contribution in [0.15, 0.2) is 18.5 Å². The topological polar surface area (TPSA) is 51.7 Å². The standard InChI is InChI=1S/C16H22N2O3/c1-3-20-14-5-4-13-15(14)21-7-6-18(13)16(19)12-8-11(2)9-17-10-12/h8-10,13-15H,3-7H2,1-2H3/t13-,14-,15+/m0/s1. The predicted molar refractivity (Wildman–Crippen MR) is 78.2 cm³/mol. The molecule has 5 heteroatoms. The lowest BCUT2D eigenvalue weighted by atomic mass is 10.1. The normalized spacial score (nSPS) is 28.5. The van der Waals surface area contributed by atoms with Crippen LogP contribution in [0.5, 0.6) is 0 Å². The number of hydrogen-bond acceptors (Lipinski definition) is 4. The van der Waals surface area contributed by atoms with Gasteiger partial charge in [-0.25, -0.2) is 0 Å². The van der Waals surface area contributed by atoms with Crippen LogP contribution in [-0.4, -0.2) is 53.8 Å². The van der Waals surface area contributed by atoms with E-state index in [9.17, 15) is 4.79 Å². The van der Waals surface area contributed by atoms with Crippen molar-refractivity contribution in [1.29, 1.82) is 0 Å². The van der Waals surface area contributed by atoms with Gasteiger partial charge < -0.3 is 14.4 Å². The third-order valence-electron chi connectivity index (χ3n) is 4.30. The van der Waals surface area contributed by atoms with Crippen LogP contribution >= 0.6 is 0 Å². The van der Waals surface area contributed by atoms with Gasteiger partial charge >= 0.3 is 0 Å². The molecular weight excluding hydrogens is 268 g/mol. The molecule has 0 unspecified atom stereocenters. The molecule has 1 aromatic heterocycles. The summed E-state index contributed by atoms with van der Waals surface area (Å²) in [6.07, 6.45) is 5.44. The van der Waals surface area contributed by atoms with Gasteiger partial charge in [-0.15, -0.1) is 0 Å². The molecule has 1 saturated carbocycles. The number of pyridine rings is 1. The third-order valence-corrected chi connectivity index (χ3v) is 4.30. The van der Waals surface area contributed by atoms with E-state index in [0.717, 1.165) is 18.4 Å². The van der Waals surface area contributed by atoms with Crippen molar-refractivity contribution in [2.45, 2.75) is 44.9 Å². The van der Waals surface area contributed by atoms with Gasteiger partial charge in [0, 0.05) is 25.5 Å². The monoisotopic (exact) mass is 290 g/mol. The number of ether oxygens (including phenoxy) is 2. The minimum absolute atomic E-state index is 0.0143. The van der Waals surface area contributed by atoms with E-state index in [-0.39, 0.29) is 24.2 Å². The van der Waals surface area contributed by atoms with Crippen LogP contribution in [0.3, 0.4) is 0 Å². The zero-order valence-electron chi connectivity index (χ0n) is 12.6. The molecule has 114 valence electrons. The molecule has 1 aliphatic carbocycles. The largest absolute Gasteiger partial charge is 0.376 e. The van der Waals surface area contributed by atoms with Crippen molar-refractivity contribution in [3.63, 3.8) is 0 Å². The maximum Gasteiger partial charge on any atom is 0.255 e.